The fourth-order valence-corrected chi connectivity index (χ4v) is 3.51. The van der Waals surface area contributed by atoms with Gasteiger partial charge in [0.05, 0.1) is 5.92 Å². The van der Waals surface area contributed by atoms with Crippen LogP contribution in [0.25, 0.3) is 0 Å². The second-order valence-corrected chi connectivity index (χ2v) is 7.48. The molecule has 2 amide bonds. The number of amides is 2. The number of halogens is 1. The van der Waals surface area contributed by atoms with Crippen molar-refractivity contribution in [3.63, 3.8) is 0 Å². The Morgan fingerprint density at radius 3 is 2.67 bits per heavy atom. The van der Waals surface area contributed by atoms with Crippen LogP contribution in [0.4, 0.5) is 11.4 Å². The molecule has 0 unspecified atom stereocenters. The topological polar surface area (TPSA) is 49.4 Å². The zero-order valence-electron chi connectivity index (χ0n) is 15.8. The third kappa shape index (κ3) is 4.51. The molecule has 5 heteroatoms. The first-order valence-corrected chi connectivity index (χ1v) is 9.82. The standard InChI is InChI=1S/C22H25ClN2O2/c1-3-4-6-16-9-11-18(12-10-16)25-14-17(13-21(25)26)22(27)24-20-8-5-7-19(23)15(20)2/h5,7-12,17H,3-4,6,13-14H2,1-2H3,(H,24,27)/t17-/m0/s1. The van der Waals surface area contributed by atoms with Crippen molar-refractivity contribution in [2.24, 2.45) is 5.92 Å². The number of anilines is 2. The van der Waals surface area contributed by atoms with Gasteiger partial charge in [0.15, 0.2) is 0 Å². The predicted octanol–water partition coefficient (Wildman–Crippen LogP) is 4.98. The first kappa shape index (κ1) is 19.4. The molecule has 0 bridgehead atoms. The number of rotatable bonds is 6. The first-order valence-electron chi connectivity index (χ1n) is 9.45. The molecule has 0 radical (unpaired) electrons. The summed E-state index contributed by atoms with van der Waals surface area (Å²) in [5, 5.41) is 3.53. The van der Waals surface area contributed by atoms with Crippen molar-refractivity contribution in [3.05, 3.63) is 58.6 Å². The summed E-state index contributed by atoms with van der Waals surface area (Å²) in [6.45, 7) is 4.44. The lowest BCUT2D eigenvalue weighted by atomic mass is 10.1. The van der Waals surface area contributed by atoms with E-state index in [9.17, 15) is 9.59 Å². The number of unbranched alkanes of at least 4 members (excludes halogenated alkanes) is 1. The summed E-state index contributed by atoms with van der Waals surface area (Å²) >= 11 is 6.11. The first-order chi connectivity index (χ1) is 13.0. The lowest BCUT2D eigenvalue weighted by Crippen LogP contribution is -2.28. The summed E-state index contributed by atoms with van der Waals surface area (Å²) in [6, 6.07) is 13.5. The van der Waals surface area contributed by atoms with E-state index in [0.29, 0.717) is 17.3 Å². The maximum atomic E-state index is 12.6. The van der Waals surface area contributed by atoms with Gasteiger partial charge in [-0.15, -0.1) is 0 Å². The monoisotopic (exact) mass is 384 g/mol. The molecule has 1 fully saturated rings. The smallest absolute Gasteiger partial charge is 0.229 e. The molecule has 0 spiro atoms. The lowest BCUT2D eigenvalue weighted by molar-refractivity contribution is -0.122. The normalized spacial score (nSPS) is 16.6. The molecule has 0 aliphatic carbocycles. The minimum atomic E-state index is -0.365. The lowest BCUT2D eigenvalue weighted by Gasteiger charge is -2.17. The Morgan fingerprint density at radius 1 is 1.22 bits per heavy atom. The van der Waals surface area contributed by atoms with Gasteiger partial charge in [0.2, 0.25) is 11.8 Å². The summed E-state index contributed by atoms with van der Waals surface area (Å²) in [7, 11) is 0. The van der Waals surface area contributed by atoms with Crippen LogP contribution < -0.4 is 10.2 Å². The van der Waals surface area contributed by atoms with Crippen molar-refractivity contribution in [1.29, 1.82) is 0 Å². The Balaban J connectivity index is 1.66. The van der Waals surface area contributed by atoms with Crippen LogP contribution in [0, 0.1) is 12.8 Å². The summed E-state index contributed by atoms with van der Waals surface area (Å²) in [5.74, 6) is -0.522. The second-order valence-electron chi connectivity index (χ2n) is 7.08. The molecule has 2 aromatic rings. The van der Waals surface area contributed by atoms with E-state index < -0.39 is 0 Å². The van der Waals surface area contributed by atoms with E-state index in [1.54, 1.807) is 17.0 Å². The number of nitrogens with zero attached hydrogens (tertiary/aromatic N) is 1. The van der Waals surface area contributed by atoms with E-state index in [4.69, 9.17) is 11.6 Å². The van der Waals surface area contributed by atoms with Gasteiger partial charge in [-0.2, -0.15) is 0 Å². The van der Waals surface area contributed by atoms with Crippen LogP contribution >= 0.6 is 11.6 Å². The second kappa shape index (κ2) is 8.57. The van der Waals surface area contributed by atoms with Crippen LogP contribution in [0.5, 0.6) is 0 Å². The van der Waals surface area contributed by atoms with Gasteiger partial charge in [-0.25, -0.2) is 0 Å². The number of hydrogen-bond donors (Lipinski definition) is 1. The number of nitrogens with one attached hydrogen (secondary N) is 1. The van der Waals surface area contributed by atoms with Crippen LogP contribution in [0.3, 0.4) is 0 Å². The molecule has 142 valence electrons. The average Bonchev–Trinajstić information content (AvgIpc) is 3.06. The Bertz CT molecular complexity index is 833. The van der Waals surface area contributed by atoms with Crippen molar-refractivity contribution < 1.29 is 9.59 Å². The van der Waals surface area contributed by atoms with E-state index >= 15 is 0 Å². The quantitative estimate of drug-likeness (QED) is 0.763. The van der Waals surface area contributed by atoms with Gasteiger partial charge in [0.1, 0.15) is 0 Å². The van der Waals surface area contributed by atoms with Gasteiger partial charge in [-0.3, -0.25) is 9.59 Å². The fourth-order valence-electron chi connectivity index (χ4n) is 3.33. The molecule has 1 atom stereocenters. The largest absolute Gasteiger partial charge is 0.325 e. The molecular formula is C22H25ClN2O2. The SMILES string of the molecule is CCCCc1ccc(N2C[C@@H](C(=O)Nc3cccc(Cl)c3C)CC2=O)cc1. The highest BCUT2D eigenvalue weighted by atomic mass is 35.5. The molecule has 1 heterocycles. The van der Waals surface area contributed by atoms with Crippen LogP contribution in [0.1, 0.15) is 37.3 Å². The van der Waals surface area contributed by atoms with Gasteiger partial charge >= 0.3 is 0 Å². The zero-order chi connectivity index (χ0) is 19.4. The van der Waals surface area contributed by atoms with E-state index in [2.05, 4.69) is 24.4 Å². The minimum Gasteiger partial charge on any atom is -0.325 e. The molecule has 1 aliphatic heterocycles. The average molecular weight is 385 g/mol. The molecule has 2 aromatic carbocycles. The zero-order valence-corrected chi connectivity index (χ0v) is 16.6. The summed E-state index contributed by atoms with van der Waals surface area (Å²) in [5.41, 5.74) is 3.66. The Hall–Kier alpha value is -2.33. The van der Waals surface area contributed by atoms with Crippen molar-refractivity contribution >= 4 is 34.8 Å². The van der Waals surface area contributed by atoms with Crippen LogP contribution in [-0.2, 0) is 16.0 Å². The third-order valence-electron chi connectivity index (χ3n) is 5.09. The minimum absolute atomic E-state index is 0.0146. The third-order valence-corrected chi connectivity index (χ3v) is 5.50. The van der Waals surface area contributed by atoms with E-state index in [0.717, 1.165) is 30.5 Å². The number of aryl methyl sites for hydroxylation is 1. The van der Waals surface area contributed by atoms with Gasteiger partial charge in [0, 0.05) is 29.4 Å². The van der Waals surface area contributed by atoms with Crippen LogP contribution in [0.2, 0.25) is 5.02 Å². The number of hydrogen-bond acceptors (Lipinski definition) is 2. The van der Waals surface area contributed by atoms with Crippen molar-refractivity contribution in [2.45, 2.75) is 39.5 Å². The van der Waals surface area contributed by atoms with E-state index in [-0.39, 0.29) is 24.2 Å². The predicted molar refractivity (Wildman–Crippen MR) is 110 cm³/mol. The summed E-state index contributed by atoms with van der Waals surface area (Å²) in [4.78, 5) is 26.8. The molecule has 3 rings (SSSR count). The van der Waals surface area contributed by atoms with Gasteiger partial charge < -0.3 is 10.2 Å². The van der Waals surface area contributed by atoms with Crippen molar-refractivity contribution in [3.8, 4) is 0 Å². The van der Waals surface area contributed by atoms with Gasteiger partial charge in [-0.1, -0.05) is 43.1 Å². The highest BCUT2D eigenvalue weighted by Crippen LogP contribution is 2.28. The summed E-state index contributed by atoms with van der Waals surface area (Å²) < 4.78 is 0. The van der Waals surface area contributed by atoms with E-state index in [1.165, 1.54) is 5.56 Å². The Labute approximate surface area is 165 Å². The van der Waals surface area contributed by atoms with Crippen LogP contribution in [0.15, 0.2) is 42.5 Å². The maximum Gasteiger partial charge on any atom is 0.229 e. The number of carbonyl (C=O) groups is 2. The highest BCUT2D eigenvalue weighted by molar-refractivity contribution is 6.31. The molecular weight excluding hydrogens is 360 g/mol. The molecule has 0 aromatic heterocycles. The number of carbonyl (C=O) groups excluding carboxylic acids is 2. The summed E-state index contributed by atoms with van der Waals surface area (Å²) in [6.07, 6.45) is 3.60. The fraction of sp³-hybridized carbons (Fsp3) is 0.364. The van der Waals surface area contributed by atoms with Gasteiger partial charge in [-0.05, 0) is 55.2 Å². The Kier molecular flexibility index (Phi) is 6.17. The van der Waals surface area contributed by atoms with Gasteiger partial charge in [0.25, 0.3) is 0 Å². The highest BCUT2D eigenvalue weighted by Gasteiger charge is 2.35. The van der Waals surface area contributed by atoms with Crippen molar-refractivity contribution in [2.75, 3.05) is 16.8 Å². The van der Waals surface area contributed by atoms with E-state index in [1.807, 2.05) is 25.1 Å². The molecule has 1 N–H and O–H groups in total. The van der Waals surface area contributed by atoms with Crippen molar-refractivity contribution in [1.82, 2.24) is 0 Å². The molecule has 0 saturated carbocycles. The van der Waals surface area contributed by atoms with Crippen LogP contribution in [-0.4, -0.2) is 18.4 Å². The molecule has 27 heavy (non-hydrogen) atoms. The molecule has 4 nitrogen and oxygen atoms in total. The molecule has 1 saturated heterocycles. The maximum absolute atomic E-state index is 12.6. The Morgan fingerprint density at radius 2 is 1.96 bits per heavy atom. The molecule has 1 aliphatic rings. The number of benzene rings is 2.